The molecule has 1 amide bonds. The minimum absolute atomic E-state index is 0.0263. The van der Waals surface area contributed by atoms with Crippen LogP contribution in [0.3, 0.4) is 0 Å². The summed E-state index contributed by atoms with van der Waals surface area (Å²) >= 11 is 0. The number of rotatable bonds is 4. The number of phenols is 1. The van der Waals surface area contributed by atoms with E-state index in [-0.39, 0.29) is 17.0 Å². The van der Waals surface area contributed by atoms with Gasteiger partial charge >= 0.3 is 5.97 Å². The van der Waals surface area contributed by atoms with Crippen LogP contribution in [0.15, 0.2) is 36.4 Å². The molecule has 6 heteroatoms. The van der Waals surface area contributed by atoms with E-state index in [1.165, 1.54) is 31.2 Å². The maximum atomic E-state index is 13.5. The predicted octanol–water partition coefficient (Wildman–Crippen LogP) is 3.33. The molecular weight excluding hydrogens is 313 g/mol. The summed E-state index contributed by atoms with van der Waals surface area (Å²) in [4.78, 5) is 24.1. The van der Waals surface area contributed by atoms with Gasteiger partial charge in [0.2, 0.25) is 0 Å². The summed E-state index contributed by atoms with van der Waals surface area (Å²) < 4.78 is 18.5. The van der Waals surface area contributed by atoms with E-state index in [1.54, 1.807) is 26.0 Å². The van der Waals surface area contributed by atoms with Crippen molar-refractivity contribution in [2.45, 2.75) is 26.9 Å². The van der Waals surface area contributed by atoms with Crippen LogP contribution < -0.4 is 5.32 Å². The molecule has 2 N–H and O–H groups in total. The minimum atomic E-state index is -1.11. The van der Waals surface area contributed by atoms with Crippen LogP contribution in [0.1, 0.15) is 28.4 Å². The Morgan fingerprint density at radius 2 is 1.88 bits per heavy atom. The predicted molar refractivity (Wildman–Crippen MR) is 87.5 cm³/mol. The molecule has 0 unspecified atom stereocenters. The Balaban J connectivity index is 2.02. The molecule has 0 bridgehead atoms. The summed E-state index contributed by atoms with van der Waals surface area (Å²) in [7, 11) is 0. The van der Waals surface area contributed by atoms with Crippen molar-refractivity contribution in [2.24, 2.45) is 0 Å². The van der Waals surface area contributed by atoms with Crippen LogP contribution in [0.4, 0.5) is 10.1 Å². The number of esters is 1. The van der Waals surface area contributed by atoms with Gasteiger partial charge in [0.05, 0.1) is 0 Å². The molecule has 0 aliphatic rings. The normalized spacial score (nSPS) is 11.7. The Hall–Kier alpha value is -2.89. The lowest BCUT2D eigenvalue weighted by molar-refractivity contribution is -0.123. The highest BCUT2D eigenvalue weighted by Gasteiger charge is 2.21. The molecule has 0 heterocycles. The number of aromatic hydroxyl groups is 1. The van der Waals surface area contributed by atoms with Crippen molar-refractivity contribution in [1.29, 1.82) is 0 Å². The molecule has 2 aromatic rings. The minimum Gasteiger partial charge on any atom is -0.507 e. The Kier molecular flexibility index (Phi) is 5.18. The van der Waals surface area contributed by atoms with Crippen LogP contribution in [-0.2, 0) is 9.53 Å². The average Bonchev–Trinajstić information content (AvgIpc) is 2.50. The topological polar surface area (TPSA) is 75.6 Å². The first kappa shape index (κ1) is 17.5. The van der Waals surface area contributed by atoms with Crippen LogP contribution in [0.2, 0.25) is 0 Å². The fraction of sp³-hybridized carbons (Fsp3) is 0.222. The van der Waals surface area contributed by atoms with Gasteiger partial charge in [-0.05, 0) is 56.2 Å². The summed E-state index contributed by atoms with van der Waals surface area (Å²) in [6.07, 6.45) is -1.11. The smallest absolute Gasteiger partial charge is 0.342 e. The van der Waals surface area contributed by atoms with Gasteiger partial charge in [0.25, 0.3) is 5.91 Å². The largest absolute Gasteiger partial charge is 0.507 e. The van der Waals surface area contributed by atoms with Crippen LogP contribution >= 0.6 is 0 Å². The molecule has 1 atom stereocenters. The molecule has 0 saturated carbocycles. The van der Waals surface area contributed by atoms with E-state index < -0.39 is 23.8 Å². The molecule has 0 aliphatic carbocycles. The Morgan fingerprint density at radius 3 is 2.50 bits per heavy atom. The van der Waals surface area contributed by atoms with E-state index in [0.717, 1.165) is 5.56 Å². The fourth-order valence-electron chi connectivity index (χ4n) is 2.01. The summed E-state index contributed by atoms with van der Waals surface area (Å²) in [5.41, 5.74) is 1.49. The van der Waals surface area contributed by atoms with Crippen molar-refractivity contribution in [2.75, 3.05) is 5.32 Å². The number of hydrogen-bond donors (Lipinski definition) is 2. The van der Waals surface area contributed by atoms with Crippen molar-refractivity contribution >= 4 is 17.6 Å². The van der Waals surface area contributed by atoms with E-state index in [1.807, 2.05) is 0 Å². The van der Waals surface area contributed by atoms with Gasteiger partial charge in [0, 0.05) is 5.69 Å². The average molecular weight is 331 g/mol. The Labute approximate surface area is 139 Å². The molecule has 5 nitrogen and oxygen atoms in total. The maximum absolute atomic E-state index is 13.5. The molecular formula is C18H18FNO4. The van der Waals surface area contributed by atoms with E-state index in [2.05, 4.69) is 5.32 Å². The Bertz CT molecular complexity index is 789. The summed E-state index contributed by atoms with van der Waals surface area (Å²) in [6, 6.07) is 8.77. The molecule has 24 heavy (non-hydrogen) atoms. The Morgan fingerprint density at radius 1 is 1.17 bits per heavy atom. The van der Waals surface area contributed by atoms with Crippen LogP contribution in [0.25, 0.3) is 0 Å². The molecule has 0 saturated heterocycles. The third-order valence-electron chi connectivity index (χ3n) is 3.47. The molecule has 0 aromatic heterocycles. The van der Waals surface area contributed by atoms with Crippen molar-refractivity contribution in [1.82, 2.24) is 0 Å². The molecule has 0 fully saturated rings. The zero-order valence-electron chi connectivity index (χ0n) is 13.6. The number of nitrogens with one attached hydrogen (secondary N) is 1. The van der Waals surface area contributed by atoms with Gasteiger partial charge in [0.1, 0.15) is 17.1 Å². The first-order chi connectivity index (χ1) is 11.3. The highest BCUT2D eigenvalue weighted by atomic mass is 19.1. The van der Waals surface area contributed by atoms with Crippen molar-refractivity contribution in [3.05, 3.63) is 58.9 Å². The number of anilines is 1. The van der Waals surface area contributed by atoms with Gasteiger partial charge in [-0.2, -0.15) is 0 Å². The van der Waals surface area contributed by atoms with Gasteiger partial charge in [-0.15, -0.1) is 0 Å². The molecule has 0 spiro atoms. The zero-order chi connectivity index (χ0) is 17.9. The molecule has 0 radical (unpaired) electrons. The van der Waals surface area contributed by atoms with E-state index in [0.29, 0.717) is 5.56 Å². The number of phenolic OH excluding ortho intramolecular Hbond substituents is 1. The number of carbonyl (C=O) groups is 2. The van der Waals surface area contributed by atoms with E-state index in [4.69, 9.17) is 4.74 Å². The second-order valence-corrected chi connectivity index (χ2v) is 5.52. The van der Waals surface area contributed by atoms with Gasteiger partial charge in [0.15, 0.2) is 6.10 Å². The van der Waals surface area contributed by atoms with E-state index in [9.17, 15) is 19.1 Å². The van der Waals surface area contributed by atoms with Crippen molar-refractivity contribution < 1.29 is 23.8 Å². The SMILES string of the molecule is Cc1ccc(C(=O)O[C@@H](C)C(=O)Nc2ccc(C)c(F)c2)c(O)c1. The standard InChI is InChI=1S/C18H18FNO4/c1-10-4-7-14(16(21)8-10)18(23)24-12(3)17(22)20-13-6-5-11(2)15(19)9-13/h4-9,12,21H,1-3H3,(H,20,22)/t12-/m0/s1. The molecule has 2 aromatic carbocycles. The van der Waals surface area contributed by atoms with Gasteiger partial charge in [-0.3, -0.25) is 4.79 Å². The third-order valence-corrected chi connectivity index (χ3v) is 3.47. The van der Waals surface area contributed by atoms with Gasteiger partial charge < -0.3 is 15.2 Å². The number of benzene rings is 2. The van der Waals surface area contributed by atoms with Crippen molar-refractivity contribution in [3.8, 4) is 5.75 Å². The summed E-state index contributed by atoms with van der Waals surface area (Å²) in [5.74, 6) is -2.07. The van der Waals surface area contributed by atoms with Crippen LogP contribution in [-0.4, -0.2) is 23.1 Å². The lowest BCUT2D eigenvalue weighted by atomic mass is 10.1. The lowest BCUT2D eigenvalue weighted by Gasteiger charge is -2.14. The van der Waals surface area contributed by atoms with E-state index >= 15 is 0 Å². The molecule has 0 aliphatic heterocycles. The third kappa shape index (κ3) is 4.10. The maximum Gasteiger partial charge on any atom is 0.342 e. The first-order valence-corrected chi connectivity index (χ1v) is 7.35. The zero-order valence-corrected chi connectivity index (χ0v) is 13.6. The quantitative estimate of drug-likeness (QED) is 0.843. The summed E-state index contributed by atoms with van der Waals surface area (Å²) in [6.45, 7) is 4.77. The number of aryl methyl sites for hydroxylation is 2. The van der Waals surface area contributed by atoms with Crippen LogP contribution in [0, 0.1) is 19.7 Å². The fourth-order valence-corrected chi connectivity index (χ4v) is 2.01. The summed E-state index contributed by atoms with van der Waals surface area (Å²) in [5, 5.41) is 12.2. The number of ether oxygens (including phenoxy) is 1. The lowest BCUT2D eigenvalue weighted by Crippen LogP contribution is -2.30. The number of carbonyl (C=O) groups excluding carboxylic acids is 2. The number of halogens is 1. The second-order valence-electron chi connectivity index (χ2n) is 5.52. The highest BCUT2D eigenvalue weighted by Crippen LogP contribution is 2.20. The molecule has 126 valence electrons. The second kappa shape index (κ2) is 7.12. The highest BCUT2D eigenvalue weighted by molar-refractivity contribution is 5.98. The monoisotopic (exact) mass is 331 g/mol. The van der Waals surface area contributed by atoms with Gasteiger partial charge in [-0.1, -0.05) is 12.1 Å². The number of hydrogen-bond acceptors (Lipinski definition) is 4. The van der Waals surface area contributed by atoms with Crippen LogP contribution in [0.5, 0.6) is 5.75 Å². The number of amides is 1. The molecule has 2 rings (SSSR count). The van der Waals surface area contributed by atoms with Crippen molar-refractivity contribution in [3.63, 3.8) is 0 Å². The first-order valence-electron chi connectivity index (χ1n) is 7.35. The van der Waals surface area contributed by atoms with Gasteiger partial charge in [-0.25, -0.2) is 9.18 Å².